The number of aromatic nitrogens is 2. The Balaban J connectivity index is 1.66. The third-order valence-corrected chi connectivity index (χ3v) is 4.95. The van der Waals surface area contributed by atoms with Gasteiger partial charge in [-0.05, 0) is 61.8 Å². The topological polar surface area (TPSA) is 59.0 Å². The molecule has 3 rings (SSSR count). The van der Waals surface area contributed by atoms with E-state index >= 15 is 0 Å². The Morgan fingerprint density at radius 2 is 1.92 bits per heavy atom. The molecule has 0 aliphatic heterocycles. The van der Waals surface area contributed by atoms with Crippen LogP contribution in [0.2, 0.25) is 0 Å². The van der Waals surface area contributed by atoms with Crippen molar-refractivity contribution in [1.82, 2.24) is 15.1 Å². The van der Waals surface area contributed by atoms with Gasteiger partial charge in [-0.15, -0.1) is 0 Å². The van der Waals surface area contributed by atoms with Crippen molar-refractivity contribution in [2.45, 2.75) is 71.4 Å². The van der Waals surface area contributed by atoms with Gasteiger partial charge in [0.1, 0.15) is 0 Å². The number of carbonyl (C=O) groups excluding carboxylic acids is 1. The largest absolute Gasteiger partial charge is 0.329 e. The van der Waals surface area contributed by atoms with Gasteiger partial charge in [-0.2, -0.15) is 5.10 Å². The number of benzene rings is 1. The Morgan fingerprint density at radius 1 is 1.23 bits per heavy atom. The van der Waals surface area contributed by atoms with Crippen molar-refractivity contribution in [1.29, 1.82) is 0 Å². The van der Waals surface area contributed by atoms with Gasteiger partial charge >= 0.3 is 6.03 Å². The minimum absolute atomic E-state index is 0.0207. The number of amides is 2. The van der Waals surface area contributed by atoms with Gasteiger partial charge in [0.25, 0.3) is 0 Å². The molecule has 1 aliphatic rings. The molecule has 1 heterocycles. The van der Waals surface area contributed by atoms with Crippen molar-refractivity contribution in [2.24, 2.45) is 0 Å². The minimum Gasteiger partial charge on any atom is -0.329 e. The number of rotatable bonds is 3. The molecule has 1 unspecified atom stereocenters. The summed E-state index contributed by atoms with van der Waals surface area (Å²) in [5.74, 6) is 0. The Hall–Kier alpha value is -2.30. The first-order chi connectivity index (χ1) is 12.2. The second kappa shape index (κ2) is 7.14. The van der Waals surface area contributed by atoms with Crippen molar-refractivity contribution < 1.29 is 4.79 Å². The Kier molecular flexibility index (Phi) is 5.08. The fourth-order valence-electron chi connectivity index (χ4n) is 3.35. The van der Waals surface area contributed by atoms with E-state index in [0.29, 0.717) is 6.04 Å². The van der Waals surface area contributed by atoms with Crippen LogP contribution in [0.25, 0.3) is 0 Å². The van der Waals surface area contributed by atoms with Crippen LogP contribution in [0.4, 0.5) is 10.5 Å². The van der Waals surface area contributed by atoms with E-state index < -0.39 is 0 Å². The first kappa shape index (κ1) is 18.5. The van der Waals surface area contributed by atoms with E-state index in [9.17, 15) is 4.79 Å². The van der Waals surface area contributed by atoms with Crippen LogP contribution in [0.1, 0.15) is 76.4 Å². The zero-order valence-corrected chi connectivity index (χ0v) is 16.5. The highest BCUT2D eigenvalue weighted by atomic mass is 16.2. The van der Waals surface area contributed by atoms with E-state index in [1.54, 1.807) is 0 Å². The third-order valence-electron chi connectivity index (χ3n) is 4.95. The summed E-state index contributed by atoms with van der Waals surface area (Å²) in [5, 5.41) is 10.7. The number of hydrogen-bond donors (Lipinski definition) is 2. The van der Waals surface area contributed by atoms with Crippen molar-refractivity contribution >= 4 is 11.7 Å². The predicted octanol–water partition coefficient (Wildman–Crippen LogP) is 4.96. The van der Waals surface area contributed by atoms with Crippen LogP contribution in [0, 0.1) is 0 Å². The van der Waals surface area contributed by atoms with Crippen molar-refractivity contribution in [3.63, 3.8) is 0 Å². The van der Waals surface area contributed by atoms with Crippen LogP contribution in [0.15, 0.2) is 30.5 Å². The van der Waals surface area contributed by atoms with Gasteiger partial charge in [-0.25, -0.2) is 4.79 Å². The van der Waals surface area contributed by atoms with Crippen LogP contribution < -0.4 is 10.6 Å². The number of hydrogen-bond acceptors (Lipinski definition) is 2. The lowest BCUT2D eigenvalue weighted by Crippen LogP contribution is -2.34. The van der Waals surface area contributed by atoms with Crippen LogP contribution >= 0.6 is 0 Å². The van der Waals surface area contributed by atoms with Crippen molar-refractivity contribution in [3.8, 4) is 0 Å². The van der Waals surface area contributed by atoms with Gasteiger partial charge in [0.15, 0.2) is 0 Å². The molecule has 2 N–H and O–H groups in total. The predicted molar refractivity (Wildman–Crippen MR) is 106 cm³/mol. The summed E-state index contributed by atoms with van der Waals surface area (Å²) >= 11 is 0. The molecule has 1 atom stereocenters. The van der Waals surface area contributed by atoms with Gasteiger partial charge in [0.05, 0.1) is 11.7 Å². The molecule has 1 aliphatic carbocycles. The average Bonchev–Trinajstić information content (AvgIpc) is 3.00. The lowest BCUT2D eigenvalue weighted by atomic mass is 9.87. The molecule has 0 radical (unpaired) electrons. The summed E-state index contributed by atoms with van der Waals surface area (Å²) < 4.78 is 1.99. The minimum atomic E-state index is -0.176. The van der Waals surface area contributed by atoms with E-state index in [1.165, 1.54) is 11.1 Å². The molecule has 140 valence electrons. The maximum absolute atomic E-state index is 12.5. The van der Waals surface area contributed by atoms with E-state index in [1.807, 2.05) is 16.8 Å². The van der Waals surface area contributed by atoms with E-state index in [0.717, 1.165) is 30.6 Å². The maximum Gasteiger partial charge on any atom is 0.319 e. The highest BCUT2D eigenvalue weighted by Gasteiger charge is 2.25. The standard InChI is InChI=1S/C21H30N4O/c1-14(2)25-13-15-7-6-8-18(19(15)24-25)23-20(26)22-17-11-9-16(10-12-17)21(3,4)5/h9-14,18H,6-8H2,1-5H3,(H2,22,23,26). The molecule has 0 bridgehead atoms. The molecule has 0 saturated carbocycles. The summed E-state index contributed by atoms with van der Waals surface area (Å²) in [7, 11) is 0. The first-order valence-electron chi connectivity index (χ1n) is 9.50. The van der Waals surface area contributed by atoms with Gasteiger partial charge < -0.3 is 10.6 Å². The van der Waals surface area contributed by atoms with Gasteiger partial charge in [0, 0.05) is 17.9 Å². The average molecular weight is 354 g/mol. The summed E-state index contributed by atoms with van der Waals surface area (Å²) in [4.78, 5) is 12.5. The van der Waals surface area contributed by atoms with Crippen LogP contribution in [0.5, 0.6) is 0 Å². The maximum atomic E-state index is 12.5. The molecule has 5 heteroatoms. The number of carbonyl (C=O) groups is 1. The fourth-order valence-corrected chi connectivity index (χ4v) is 3.35. The lowest BCUT2D eigenvalue weighted by Gasteiger charge is -2.23. The second-order valence-electron chi connectivity index (χ2n) is 8.48. The van der Waals surface area contributed by atoms with E-state index in [-0.39, 0.29) is 17.5 Å². The fraction of sp³-hybridized carbons (Fsp3) is 0.524. The summed E-state index contributed by atoms with van der Waals surface area (Å²) in [6.45, 7) is 10.8. The summed E-state index contributed by atoms with van der Waals surface area (Å²) in [6, 6.07) is 8.19. The quantitative estimate of drug-likeness (QED) is 0.818. The Bertz CT molecular complexity index is 768. The molecule has 1 aromatic heterocycles. The first-order valence-corrected chi connectivity index (χ1v) is 9.50. The van der Waals surface area contributed by atoms with Crippen molar-refractivity contribution in [2.75, 3.05) is 5.32 Å². The molecule has 0 saturated heterocycles. The number of fused-ring (bicyclic) bond motifs is 1. The number of nitrogens with one attached hydrogen (secondary N) is 2. The SMILES string of the molecule is CC(C)n1cc2c(n1)C(NC(=O)Nc1ccc(C(C)(C)C)cc1)CCC2. The van der Waals surface area contributed by atoms with Gasteiger partial charge in [0.2, 0.25) is 0 Å². The summed E-state index contributed by atoms with van der Waals surface area (Å²) in [6.07, 6.45) is 5.16. The number of urea groups is 1. The molecule has 2 aromatic rings. The molecule has 0 fully saturated rings. The van der Waals surface area contributed by atoms with E-state index in [2.05, 4.69) is 63.6 Å². The second-order valence-corrected chi connectivity index (χ2v) is 8.48. The molecular formula is C21H30N4O. The van der Waals surface area contributed by atoms with Crippen molar-refractivity contribution in [3.05, 3.63) is 47.3 Å². The molecule has 0 spiro atoms. The third kappa shape index (κ3) is 4.09. The number of nitrogens with zero attached hydrogens (tertiary/aromatic N) is 2. The van der Waals surface area contributed by atoms with Crippen LogP contribution in [-0.2, 0) is 11.8 Å². The highest BCUT2D eigenvalue weighted by molar-refractivity contribution is 5.89. The number of anilines is 1. The molecule has 5 nitrogen and oxygen atoms in total. The zero-order chi connectivity index (χ0) is 18.9. The zero-order valence-electron chi connectivity index (χ0n) is 16.5. The van der Waals surface area contributed by atoms with Gasteiger partial charge in [-0.3, -0.25) is 4.68 Å². The Labute approximate surface area is 156 Å². The lowest BCUT2D eigenvalue weighted by molar-refractivity contribution is 0.246. The van der Waals surface area contributed by atoms with Crippen LogP contribution in [0.3, 0.4) is 0 Å². The molecule has 1 aromatic carbocycles. The Morgan fingerprint density at radius 3 is 2.54 bits per heavy atom. The normalized spacial score (nSPS) is 17.1. The summed E-state index contributed by atoms with van der Waals surface area (Å²) in [5.41, 5.74) is 4.43. The molecular weight excluding hydrogens is 324 g/mol. The number of aryl methyl sites for hydroxylation is 1. The van der Waals surface area contributed by atoms with E-state index in [4.69, 9.17) is 5.10 Å². The molecule has 2 amide bonds. The van der Waals surface area contributed by atoms with Crippen LogP contribution in [-0.4, -0.2) is 15.8 Å². The smallest absolute Gasteiger partial charge is 0.319 e. The molecule has 26 heavy (non-hydrogen) atoms. The highest BCUT2D eigenvalue weighted by Crippen LogP contribution is 2.29. The monoisotopic (exact) mass is 354 g/mol. The van der Waals surface area contributed by atoms with Gasteiger partial charge in [-0.1, -0.05) is 32.9 Å².